The molecule has 222 valence electrons. The summed E-state index contributed by atoms with van der Waals surface area (Å²) in [6, 6.07) is 62.6. The quantitative estimate of drug-likeness (QED) is 0.177. The molecule has 0 atom stereocenters. The van der Waals surface area contributed by atoms with Crippen LogP contribution < -0.4 is 0 Å². The molecule has 0 unspecified atom stereocenters. The molecular weight excluding hydrogens is 565 g/mol. The maximum Gasteiger partial charge on any atom is 0.0159 e. The average molecular weight is 599 g/mol. The minimum Gasteiger partial charge on any atom is -0.0619 e. The largest absolute Gasteiger partial charge is 0.0619 e. The summed E-state index contributed by atoms with van der Waals surface area (Å²) < 4.78 is 0. The Morgan fingerprint density at radius 1 is 0.298 bits per heavy atom. The van der Waals surface area contributed by atoms with Crippen molar-refractivity contribution in [3.8, 4) is 55.6 Å². The van der Waals surface area contributed by atoms with E-state index in [-0.39, 0.29) is 5.41 Å². The molecule has 0 bridgehead atoms. The van der Waals surface area contributed by atoms with Crippen LogP contribution in [0, 0.1) is 0 Å². The molecule has 1 aliphatic rings. The number of hydrogen-bond donors (Lipinski definition) is 0. The zero-order chi connectivity index (χ0) is 31.5. The van der Waals surface area contributed by atoms with Crippen molar-refractivity contribution in [2.75, 3.05) is 0 Å². The summed E-state index contributed by atoms with van der Waals surface area (Å²) in [4.78, 5) is 0. The highest BCUT2D eigenvalue weighted by molar-refractivity contribution is 6.13. The van der Waals surface area contributed by atoms with Crippen molar-refractivity contribution in [3.63, 3.8) is 0 Å². The third-order valence-corrected chi connectivity index (χ3v) is 10.3. The lowest BCUT2D eigenvalue weighted by Gasteiger charge is -2.22. The van der Waals surface area contributed by atoms with Crippen LogP contribution in [0.1, 0.15) is 25.0 Å². The SMILES string of the molecule is CC1(C)c2ccccc2-c2ccc(-c3ccccc3-c3cccc(-c4cccc(-c5cc6ccccc6c6ccccc56)c4)c3)cc21. The third kappa shape index (κ3) is 4.44. The Morgan fingerprint density at radius 3 is 1.53 bits per heavy atom. The lowest BCUT2D eigenvalue weighted by Crippen LogP contribution is -2.14. The lowest BCUT2D eigenvalue weighted by atomic mass is 9.81. The Kier molecular flexibility index (Phi) is 6.27. The molecule has 0 fully saturated rings. The van der Waals surface area contributed by atoms with Gasteiger partial charge in [-0.15, -0.1) is 0 Å². The highest BCUT2D eigenvalue weighted by atomic mass is 14.4. The number of hydrogen-bond acceptors (Lipinski definition) is 0. The Hall–Kier alpha value is -5.72. The van der Waals surface area contributed by atoms with Crippen LogP contribution in [0.2, 0.25) is 0 Å². The topological polar surface area (TPSA) is 0 Å². The molecule has 47 heavy (non-hydrogen) atoms. The van der Waals surface area contributed by atoms with Crippen LogP contribution in [0.25, 0.3) is 77.2 Å². The molecule has 0 heteroatoms. The summed E-state index contributed by atoms with van der Waals surface area (Å²) in [5.74, 6) is 0. The Bertz CT molecular complexity index is 2490. The van der Waals surface area contributed by atoms with E-state index in [1.54, 1.807) is 0 Å². The highest BCUT2D eigenvalue weighted by Gasteiger charge is 2.35. The average Bonchev–Trinajstić information content (AvgIpc) is 3.37. The van der Waals surface area contributed by atoms with Crippen LogP contribution in [-0.2, 0) is 5.41 Å². The van der Waals surface area contributed by atoms with Gasteiger partial charge in [-0.1, -0.05) is 159 Å². The first-order valence-electron chi connectivity index (χ1n) is 16.5. The van der Waals surface area contributed by atoms with Crippen molar-refractivity contribution < 1.29 is 0 Å². The molecule has 8 aromatic carbocycles. The molecule has 0 nitrogen and oxygen atoms in total. The van der Waals surface area contributed by atoms with Crippen LogP contribution in [0.5, 0.6) is 0 Å². The van der Waals surface area contributed by atoms with E-state index in [0.717, 1.165) is 0 Å². The van der Waals surface area contributed by atoms with Gasteiger partial charge in [0, 0.05) is 5.41 Å². The molecule has 0 aliphatic heterocycles. The monoisotopic (exact) mass is 598 g/mol. The van der Waals surface area contributed by atoms with E-state index in [4.69, 9.17) is 0 Å². The summed E-state index contributed by atoms with van der Waals surface area (Å²) in [5.41, 5.74) is 15.4. The summed E-state index contributed by atoms with van der Waals surface area (Å²) in [7, 11) is 0. The van der Waals surface area contributed by atoms with Crippen molar-refractivity contribution in [2.45, 2.75) is 19.3 Å². The fraction of sp³-hybridized carbons (Fsp3) is 0.0638. The van der Waals surface area contributed by atoms with E-state index in [0.29, 0.717) is 0 Å². The van der Waals surface area contributed by atoms with Crippen LogP contribution in [-0.4, -0.2) is 0 Å². The van der Waals surface area contributed by atoms with Gasteiger partial charge >= 0.3 is 0 Å². The molecule has 1 aliphatic carbocycles. The molecule has 0 amide bonds. The summed E-state index contributed by atoms with van der Waals surface area (Å²) in [6.45, 7) is 4.71. The molecular formula is C47H34. The van der Waals surface area contributed by atoms with Gasteiger partial charge in [0.15, 0.2) is 0 Å². The van der Waals surface area contributed by atoms with Gasteiger partial charge in [-0.25, -0.2) is 0 Å². The van der Waals surface area contributed by atoms with Crippen LogP contribution in [0.3, 0.4) is 0 Å². The first kappa shape index (κ1) is 27.6. The third-order valence-electron chi connectivity index (χ3n) is 10.3. The van der Waals surface area contributed by atoms with Crippen molar-refractivity contribution in [3.05, 3.63) is 181 Å². The number of rotatable bonds is 4. The zero-order valence-corrected chi connectivity index (χ0v) is 26.7. The number of benzene rings is 8. The maximum absolute atomic E-state index is 2.43. The van der Waals surface area contributed by atoms with E-state index < -0.39 is 0 Å². The second kappa shape index (κ2) is 10.7. The zero-order valence-electron chi connectivity index (χ0n) is 26.7. The van der Waals surface area contributed by atoms with E-state index in [9.17, 15) is 0 Å². The van der Waals surface area contributed by atoms with Gasteiger partial charge < -0.3 is 0 Å². The first-order chi connectivity index (χ1) is 23.1. The predicted octanol–water partition coefficient (Wildman–Crippen LogP) is 13.0. The van der Waals surface area contributed by atoms with Crippen LogP contribution in [0.4, 0.5) is 0 Å². The standard InChI is InChI=1S/C47H34/c1-47(2)45-24-10-9-23-42(45)43-26-25-36(30-46(43)47)38-19-6-5-18-37(38)33-16-11-14-31(27-33)32-15-12-17-34(28-32)44-29-35-13-3-4-20-39(35)40-21-7-8-22-41(40)44/h3-30H,1-2H3. The Morgan fingerprint density at radius 2 is 0.809 bits per heavy atom. The molecule has 0 heterocycles. The van der Waals surface area contributed by atoms with E-state index in [1.807, 2.05) is 0 Å². The molecule has 9 rings (SSSR count). The van der Waals surface area contributed by atoms with Crippen LogP contribution in [0.15, 0.2) is 170 Å². The number of fused-ring (bicyclic) bond motifs is 6. The van der Waals surface area contributed by atoms with Gasteiger partial charge in [-0.05, 0) is 113 Å². The second-order valence-electron chi connectivity index (χ2n) is 13.3. The Labute approximate surface area is 276 Å². The van der Waals surface area contributed by atoms with E-state index in [2.05, 4.69) is 184 Å². The molecule has 0 saturated heterocycles. The van der Waals surface area contributed by atoms with Crippen molar-refractivity contribution in [1.29, 1.82) is 0 Å². The van der Waals surface area contributed by atoms with Gasteiger partial charge in [0.2, 0.25) is 0 Å². The molecule has 0 aromatic heterocycles. The summed E-state index contributed by atoms with van der Waals surface area (Å²) in [6.07, 6.45) is 0. The molecule has 8 aromatic rings. The van der Waals surface area contributed by atoms with Gasteiger partial charge in [0.1, 0.15) is 0 Å². The molecule has 0 N–H and O–H groups in total. The summed E-state index contributed by atoms with van der Waals surface area (Å²) >= 11 is 0. The molecule has 0 saturated carbocycles. The fourth-order valence-corrected chi connectivity index (χ4v) is 7.88. The Balaban J connectivity index is 1.13. The summed E-state index contributed by atoms with van der Waals surface area (Å²) in [5, 5.41) is 5.14. The van der Waals surface area contributed by atoms with Crippen LogP contribution >= 0.6 is 0 Å². The normalized spacial score (nSPS) is 13.1. The van der Waals surface area contributed by atoms with Crippen molar-refractivity contribution in [1.82, 2.24) is 0 Å². The molecule has 0 spiro atoms. The van der Waals surface area contributed by atoms with Crippen molar-refractivity contribution in [2.24, 2.45) is 0 Å². The fourth-order valence-electron chi connectivity index (χ4n) is 7.88. The van der Waals surface area contributed by atoms with E-state index in [1.165, 1.54) is 88.3 Å². The van der Waals surface area contributed by atoms with E-state index >= 15 is 0 Å². The minimum atomic E-state index is -0.0296. The van der Waals surface area contributed by atoms with Gasteiger partial charge in [-0.2, -0.15) is 0 Å². The van der Waals surface area contributed by atoms with Crippen molar-refractivity contribution >= 4 is 21.5 Å². The second-order valence-corrected chi connectivity index (χ2v) is 13.3. The smallest absolute Gasteiger partial charge is 0.0159 e. The maximum atomic E-state index is 2.43. The predicted molar refractivity (Wildman–Crippen MR) is 201 cm³/mol. The lowest BCUT2D eigenvalue weighted by molar-refractivity contribution is 0.660. The first-order valence-corrected chi connectivity index (χ1v) is 16.5. The molecule has 0 radical (unpaired) electrons. The van der Waals surface area contributed by atoms with Gasteiger partial charge in [-0.3, -0.25) is 0 Å². The minimum absolute atomic E-state index is 0.0296. The van der Waals surface area contributed by atoms with Gasteiger partial charge in [0.25, 0.3) is 0 Å². The van der Waals surface area contributed by atoms with Gasteiger partial charge in [0.05, 0.1) is 0 Å². The highest BCUT2D eigenvalue weighted by Crippen LogP contribution is 2.50.